The number of rotatable bonds is 3. The van der Waals surface area contributed by atoms with E-state index in [0.29, 0.717) is 6.54 Å². The zero-order chi connectivity index (χ0) is 13.4. The number of hydrogen-bond donors (Lipinski definition) is 0. The van der Waals surface area contributed by atoms with Gasteiger partial charge in [0.2, 0.25) is 0 Å². The summed E-state index contributed by atoms with van der Waals surface area (Å²) in [5.41, 5.74) is 3.56. The number of halogens is 1. The highest BCUT2D eigenvalue weighted by Crippen LogP contribution is 2.24. The van der Waals surface area contributed by atoms with E-state index in [1.165, 1.54) is 0 Å². The summed E-state index contributed by atoms with van der Waals surface area (Å²) in [6.45, 7) is 4.44. The highest BCUT2D eigenvalue weighted by atomic mass is 35.5. The number of nitrogens with zero attached hydrogens (tertiary/aromatic N) is 4. The molecule has 0 aliphatic rings. The van der Waals surface area contributed by atoms with Crippen molar-refractivity contribution in [3.63, 3.8) is 0 Å². The molecule has 0 aliphatic carbocycles. The van der Waals surface area contributed by atoms with Crippen LogP contribution in [0.5, 0.6) is 0 Å². The Morgan fingerprint density at radius 1 is 1.47 bits per heavy atom. The first kappa shape index (κ1) is 12.2. The molecule has 0 saturated heterocycles. The van der Waals surface area contributed by atoms with E-state index in [1.54, 1.807) is 6.26 Å². The van der Waals surface area contributed by atoms with Crippen LogP contribution in [0, 0.1) is 6.92 Å². The average Bonchev–Trinajstić information content (AvgIpc) is 2.97. The van der Waals surface area contributed by atoms with Crippen molar-refractivity contribution in [2.75, 3.05) is 0 Å². The van der Waals surface area contributed by atoms with Crippen molar-refractivity contribution in [1.29, 1.82) is 0 Å². The van der Waals surface area contributed by atoms with Crippen LogP contribution in [0.3, 0.4) is 0 Å². The van der Waals surface area contributed by atoms with Crippen LogP contribution in [-0.2, 0) is 6.54 Å². The molecule has 0 radical (unpaired) electrons. The van der Waals surface area contributed by atoms with Crippen LogP contribution in [0.2, 0.25) is 0 Å². The van der Waals surface area contributed by atoms with Crippen LogP contribution in [0.4, 0.5) is 0 Å². The highest BCUT2D eigenvalue weighted by Gasteiger charge is 2.17. The zero-order valence-corrected chi connectivity index (χ0v) is 11.4. The molecule has 5 nitrogen and oxygen atoms in total. The summed E-state index contributed by atoms with van der Waals surface area (Å²) in [5.74, 6) is 0.790. The van der Waals surface area contributed by atoms with E-state index in [0.717, 1.165) is 28.2 Å². The van der Waals surface area contributed by atoms with Gasteiger partial charge in [-0.15, -0.1) is 11.6 Å². The van der Waals surface area contributed by atoms with E-state index >= 15 is 0 Å². The number of aromatic nitrogens is 4. The van der Waals surface area contributed by atoms with E-state index in [4.69, 9.17) is 16.1 Å². The summed E-state index contributed by atoms with van der Waals surface area (Å²) in [6.07, 6.45) is 3.38. The Balaban J connectivity index is 2.16. The molecule has 98 valence electrons. The molecule has 3 rings (SSSR count). The summed E-state index contributed by atoms with van der Waals surface area (Å²) in [5, 5.41) is 3.73. The van der Waals surface area contributed by atoms with Crippen LogP contribution in [0.25, 0.3) is 11.2 Å². The minimum absolute atomic E-state index is 0.193. The smallest absolute Gasteiger partial charge is 0.160 e. The molecular formula is C13H13ClN4O. The lowest BCUT2D eigenvalue weighted by Crippen LogP contribution is -2.06. The van der Waals surface area contributed by atoms with Crippen LogP contribution >= 0.6 is 11.6 Å². The Morgan fingerprint density at radius 2 is 2.32 bits per heavy atom. The summed E-state index contributed by atoms with van der Waals surface area (Å²) >= 11 is 6.20. The molecule has 3 aromatic heterocycles. The second-order valence-electron chi connectivity index (χ2n) is 4.52. The number of pyridine rings is 1. The van der Waals surface area contributed by atoms with Crippen LogP contribution in [0.1, 0.15) is 29.4 Å². The third kappa shape index (κ3) is 2.21. The van der Waals surface area contributed by atoms with Crippen molar-refractivity contribution >= 4 is 22.8 Å². The maximum atomic E-state index is 6.20. The summed E-state index contributed by atoms with van der Waals surface area (Å²) in [6, 6.07) is 3.83. The number of hydrogen-bond acceptors (Lipinski definition) is 4. The number of fused-ring (bicyclic) bond motifs is 1. The Hall–Kier alpha value is -1.88. The van der Waals surface area contributed by atoms with Gasteiger partial charge in [0.15, 0.2) is 5.65 Å². The van der Waals surface area contributed by atoms with Crippen LogP contribution in [0.15, 0.2) is 29.1 Å². The number of aryl methyl sites for hydroxylation is 1. The lowest BCUT2D eigenvalue weighted by atomic mass is 10.3. The molecule has 3 aromatic rings. The lowest BCUT2D eigenvalue weighted by Gasteiger charge is -2.07. The molecule has 0 aromatic carbocycles. The standard InChI is InChI=1S/C13H13ClN4O/c1-8-5-11-13(15-6-8)18(12(16-11)9(2)14)7-10-3-4-19-17-10/h3-6,9H,7H2,1-2H3. The Morgan fingerprint density at radius 3 is 3.00 bits per heavy atom. The summed E-state index contributed by atoms with van der Waals surface area (Å²) in [4.78, 5) is 9.01. The molecule has 1 atom stereocenters. The van der Waals surface area contributed by atoms with Crippen molar-refractivity contribution < 1.29 is 4.52 Å². The fourth-order valence-electron chi connectivity index (χ4n) is 2.07. The second-order valence-corrected chi connectivity index (χ2v) is 5.17. The molecule has 0 spiro atoms. The third-order valence-electron chi connectivity index (χ3n) is 2.92. The lowest BCUT2D eigenvalue weighted by molar-refractivity contribution is 0.409. The topological polar surface area (TPSA) is 56.7 Å². The van der Waals surface area contributed by atoms with Crippen molar-refractivity contribution in [2.24, 2.45) is 0 Å². The SMILES string of the molecule is Cc1cnc2c(c1)nc(C(C)Cl)n2Cc1ccon1. The zero-order valence-electron chi connectivity index (χ0n) is 10.7. The van der Waals surface area contributed by atoms with Gasteiger partial charge in [0, 0.05) is 12.3 Å². The van der Waals surface area contributed by atoms with E-state index in [1.807, 2.05) is 36.7 Å². The minimum atomic E-state index is -0.193. The van der Waals surface area contributed by atoms with Crippen molar-refractivity contribution in [2.45, 2.75) is 25.8 Å². The fourth-order valence-corrected chi connectivity index (χ4v) is 2.24. The molecule has 0 saturated carbocycles. The molecule has 0 fully saturated rings. The molecule has 19 heavy (non-hydrogen) atoms. The van der Waals surface area contributed by atoms with Gasteiger partial charge >= 0.3 is 0 Å². The van der Waals surface area contributed by atoms with Crippen molar-refractivity contribution in [1.82, 2.24) is 19.7 Å². The average molecular weight is 277 g/mol. The first-order valence-electron chi connectivity index (χ1n) is 6.01. The maximum absolute atomic E-state index is 6.20. The van der Waals surface area contributed by atoms with Gasteiger partial charge in [0.1, 0.15) is 23.3 Å². The molecule has 0 N–H and O–H groups in total. The van der Waals surface area contributed by atoms with Gasteiger partial charge in [-0.05, 0) is 25.5 Å². The Bertz CT molecular complexity index is 703. The van der Waals surface area contributed by atoms with E-state index in [2.05, 4.69) is 15.1 Å². The van der Waals surface area contributed by atoms with Crippen molar-refractivity contribution in [3.05, 3.63) is 41.7 Å². The fraction of sp³-hybridized carbons (Fsp3) is 0.308. The normalized spacial score (nSPS) is 13.0. The van der Waals surface area contributed by atoms with E-state index in [9.17, 15) is 0 Å². The maximum Gasteiger partial charge on any atom is 0.160 e. The largest absolute Gasteiger partial charge is 0.364 e. The molecule has 6 heteroatoms. The quantitative estimate of drug-likeness (QED) is 0.690. The van der Waals surface area contributed by atoms with Gasteiger partial charge in [-0.2, -0.15) is 0 Å². The highest BCUT2D eigenvalue weighted by molar-refractivity contribution is 6.20. The predicted octanol–water partition coefficient (Wildman–Crippen LogP) is 3.08. The number of imidazole rings is 1. The molecule has 3 heterocycles. The minimum Gasteiger partial charge on any atom is -0.364 e. The Kier molecular flexibility index (Phi) is 2.98. The summed E-state index contributed by atoms with van der Waals surface area (Å²) in [7, 11) is 0. The van der Waals surface area contributed by atoms with Crippen LogP contribution < -0.4 is 0 Å². The Labute approximate surface area is 115 Å². The van der Waals surface area contributed by atoms with Gasteiger partial charge in [-0.3, -0.25) is 0 Å². The van der Waals surface area contributed by atoms with Gasteiger partial charge in [0.25, 0.3) is 0 Å². The monoisotopic (exact) mass is 276 g/mol. The molecule has 1 unspecified atom stereocenters. The van der Waals surface area contributed by atoms with E-state index < -0.39 is 0 Å². The molecule has 0 bridgehead atoms. The molecule has 0 amide bonds. The van der Waals surface area contributed by atoms with Crippen LogP contribution in [-0.4, -0.2) is 19.7 Å². The molecular weight excluding hydrogens is 264 g/mol. The predicted molar refractivity (Wildman–Crippen MR) is 72.1 cm³/mol. The van der Waals surface area contributed by atoms with E-state index in [-0.39, 0.29) is 5.38 Å². The first-order chi connectivity index (χ1) is 9.15. The first-order valence-corrected chi connectivity index (χ1v) is 6.45. The second kappa shape index (κ2) is 4.66. The van der Waals surface area contributed by atoms with Gasteiger partial charge in [-0.1, -0.05) is 5.16 Å². The van der Waals surface area contributed by atoms with Gasteiger partial charge in [-0.25, -0.2) is 9.97 Å². The number of alkyl halides is 1. The summed E-state index contributed by atoms with van der Waals surface area (Å²) < 4.78 is 6.83. The third-order valence-corrected chi connectivity index (χ3v) is 3.11. The van der Waals surface area contributed by atoms with Gasteiger partial charge < -0.3 is 9.09 Å². The molecule has 0 aliphatic heterocycles. The van der Waals surface area contributed by atoms with Gasteiger partial charge in [0.05, 0.1) is 11.9 Å². The van der Waals surface area contributed by atoms with Crippen molar-refractivity contribution in [3.8, 4) is 0 Å².